The topological polar surface area (TPSA) is 64.1 Å². The summed E-state index contributed by atoms with van der Waals surface area (Å²) in [5.41, 5.74) is -0.382. The number of aromatic nitrogens is 2. The monoisotopic (exact) mass is 280 g/mol. The van der Waals surface area contributed by atoms with E-state index in [2.05, 4.69) is 4.98 Å². The van der Waals surface area contributed by atoms with Gasteiger partial charge in [0, 0.05) is 12.3 Å². The second-order valence-electron chi connectivity index (χ2n) is 4.36. The van der Waals surface area contributed by atoms with Crippen LogP contribution in [0.25, 0.3) is 5.69 Å². The molecule has 1 heterocycles. The number of hydrogen-bond acceptors (Lipinski definition) is 3. The van der Waals surface area contributed by atoms with Crippen molar-refractivity contribution in [3.8, 4) is 17.2 Å². The molecule has 1 aromatic heterocycles. The van der Waals surface area contributed by atoms with Crippen molar-refractivity contribution in [1.82, 2.24) is 9.55 Å². The summed E-state index contributed by atoms with van der Waals surface area (Å²) >= 11 is 0. The molecule has 0 unspecified atom stereocenters. The van der Waals surface area contributed by atoms with E-state index in [0.29, 0.717) is 17.2 Å². The van der Waals surface area contributed by atoms with E-state index in [-0.39, 0.29) is 0 Å². The zero-order valence-corrected chi connectivity index (χ0v) is 11.0. The Balaban J connectivity index is 2.08. The van der Waals surface area contributed by atoms with Gasteiger partial charge in [0.1, 0.15) is 5.75 Å². The number of benzene rings is 2. The van der Waals surface area contributed by atoms with Gasteiger partial charge < -0.3 is 4.74 Å². The van der Waals surface area contributed by atoms with Crippen LogP contribution < -0.4 is 16.0 Å². The van der Waals surface area contributed by atoms with Gasteiger partial charge in [-0.1, -0.05) is 30.3 Å². The molecule has 21 heavy (non-hydrogen) atoms. The summed E-state index contributed by atoms with van der Waals surface area (Å²) < 4.78 is 7.13. The van der Waals surface area contributed by atoms with Crippen molar-refractivity contribution >= 4 is 0 Å². The fraction of sp³-hybridized carbons (Fsp3) is 0. The molecule has 5 nitrogen and oxygen atoms in total. The number of hydrogen-bond donors (Lipinski definition) is 1. The number of nitrogens with one attached hydrogen (secondary N) is 1. The fourth-order valence-electron chi connectivity index (χ4n) is 1.96. The molecular formula is C16H12N2O3. The Morgan fingerprint density at radius 2 is 1.57 bits per heavy atom. The Morgan fingerprint density at radius 3 is 2.33 bits per heavy atom. The SMILES string of the molecule is O=c1ccn(-c2ccccc2Oc2ccccc2)c(=O)[nH]1. The van der Waals surface area contributed by atoms with Crippen LogP contribution in [0.3, 0.4) is 0 Å². The van der Waals surface area contributed by atoms with Crippen LogP contribution in [-0.4, -0.2) is 9.55 Å². The van der Waals surface area contributed by atoms with Gasteiger partial charge in [-0.25, -0.2) is 4.79 Å². The number of ether oxygens (including phenoxy) is 1. The lowest BCUT2D eigenvalue weighted by molar-refractivity contribution is 0.479. The summed E-state index contributed by atoms with van der Waals surface area (Å²) in [6.45, 7) is 0. The first kappa shape index (κ1) is 12.9. The zero-order chi connectivity index (χ0) is 14.7. The van der Waals surface area contributed by atoms with Crippen LogP contribution in [-0.2, 0) is 0 Å². The fourth-order valence-corrected chi connectivity index (χ4v) is 1.96. The molecule has 104 valence electrons. The highest BCUT2D eigenvalue weighted by molar-refractivity contribution is 5.48. The molecule has 2 aromatic carbocycles. The molecule has 0 aliphatic rings. The van der Waals surface area contributed by atoms with Crippen molar-refractivity contribution < 1.29 is 4.74 Å². The molecule has 0 radical (unpaired) electrons. The average Bonchev–Trinajstić information content (AvgIpc) is 2.49. The van der Waals surface area contributed by atoms with Gasteiger partial charge in [0.25, 0.3) is 5.56 Å². The molecule has 0 fully saturated rings. The number of para-hydroxylation sites is 3. The largest absolute Gasteiger partial charge is 0.455 e. The molecular weight excluding hydrogens is 268 g/mol. The van der Waals surface area contributed by atoms with Gasteiger partial charge in [-0.15, -0.1) is 0 Å². The van der Waals surface area contributed by atoms with Crippen LogP contribution in [0, 0.1) is 0 Å². The summed E-state index contributed by atoms with van der Waals surface area (Å²) in [5, 5.41) is 0. The van der Waals surface area contributed by atoms with Gasteiger partial charge in [0.15, 0.2) is 5.75 Å². The van der Waals surface area contributed by atoms with Gasteiger partial charge in [-0.3, -0.25) is 14.3 Å². The van der Waals surface area contributed by atoms with E-state index in [1.807, 2.05) is 36.4 Å². The molecule has 3 rings (SSSR count). The smallest absolute Gasteiger partial charge is 0.333 e. The van der Waals surface area contributed by atoms with Gasteiger partial charge >= 0.3 is 5.69 Å². The molecule has 0 saturated carbocycles. The Labute approximate surface area is 120 Å². The number of H-pyrrole nitrogens is 1. The molecule has 0 atom stereocenters. The van der Waals surface area contributed by atoms with E-state index >= 15 is 0 Å². The van der Waals surface area contributed by atoms with Crippen LogP contribution in [0.2, 0.25) is 0 Å². The third-order valence-electron chi connectivity index (χ3n) is 2.92. The number of aromatic amines is 1. The lowest BCUT2D eigenvalue weighted by Crippen LogP contribution is -2.27. The minimum Gasteiger partial charge on any atom is -0.455 e. The summed E-state index contributed by atoms with van der Waals surface area (Å²) in [6, 6.07) is 17.7. The van der Waals surface area contributed by atoms with Crippen molar-refractivity contribution in [3.05, 3.63) is 87.7 Å². The molecule has 0 amide bonds. The van der Waals surface area contributed by atoms with Gasteiger partial charge in [-0.05, 0) is 24.3 Å². The third-order valence-corrected chi connectivity index (χ3v) is 2.92. The predicted molar refractivity (Wildman–Crippen MR) is 79.2 cm³/mol. The van der Waals surface area contributed by atoms with E-state index in [0.717, 1.165) is 0 Å². The van der Waals surface area contributed by atoms with Crippen molar-refractivity contribution in [1.29, 1.82) is 0 Å². The average molecular weight is 280 g/mol. The van der Waals surface area contributed by atoms with Crippen molar-refractivity contribution in [2.45, 2.75) is 0 Å². The van der Waals surface area contributed by atoms with Gasteiger partial charge in [0.2, 0.25) is 0 Å². The highest BCUT2D eigenvalue weighted by atomic mass is 16.5. The highest BCUT2D eigenvalue weighted by Gasteiger charge is 2.08. The first-order valence-corrected chi connectivity index (χ1v) is 6.38. The second-order valence-corrected chi connectivity index (χ2v) is 4.36. The van der Waals surface area contributed by atoms with E-state index < -0.39 is 11.2 Å². The normalized spacial score (nSPS) is 10.3. The first-order chi connectivity index (χ1) is 10.2. The van der Waals surface area contributed by atoms with Crippen molar-refractivity contribution in [3.63, 3.8) is 0 Å². The molecule has 0 aliphatic carbocycles. The first-order valence-electron chi connectivity index (χ1n) is 6.38. The predicted octanol–water partition coefficient (Wildman–Crippen LogP) is 2.32. The van der Waals surface area contributed by atoms with Crippen molar-refractivity contribution in [2.24, 2.45) is 0 Å². The van der Waals surface area contributed by atoms with E-state index in [1.165, 1.54) is 16.8 Å². The molecule has 5 heteroatoms. The van der Waals surface area contributed by atoms with Crippen LogP contribution in [0.5, 0.6) is 11.5 Å². The zero-order valence-electron chi connectivity index (χ0n) is 11.0. The molecule has 0 aliphatic heterocycles. The quantitative estimate of drug-likeness (QED) is 0.800. The number of rotatable bonds is 3. The third kappa shape index (κ3) is 2.76. The van der Waals surface area contributed by atoms with Crippen molar-refractivity contribution in [2.75, 3.05) is 0 Å². The summed E-state index contributed by atoms with van der Waals surface area (Å²) in [5.74, 6) is 1.19. The van der Waals surface area contributed by atoms with E-state index in [4.69, 9.17) is 4.74 Å². The maximum absolute atomic E-state index is 11.9. The van der Waals surface area contributed by atoms with Gasteiger partial charge in [0.05, 0.1) is 5.69 Å². The molecule has 0 saturated heterocycles. The Hall–Kier alpha value is -3.08. The molecule has 3 aromatic rings. The standard InChI is InChI=1S/C16H12N2O3/c19-15-10-11-18(16(20)17-15)13-8-4-5-9-14(13)21-12-6-2-1-3-7-12/h1-11H,(H,17,19,20). The summed E-state index contributed by atoms with van der Waals surface area (Å²) in [7, 11) is 0. The van der Waals surface area contributed by atoms with E-state index in [1.54, 1.807) is 18.2 Å². The molecule has 1 N–H and O–H groups in total. The lowest BCUT2D eigenvalue weighted by atomic mass is 10.3. The molecule has 0 spiro atoms. The Kier molecular flexibility index (Phi) is 3.39. The Bertz CT molecular complexity index is 866. The maximum atomic E-state index is 11.9. The summed E-state index contributed by atoms with van der Waals surface area (Å²) in [6.07, 6.45) is 1.42. The highest BCUT2D eigenvalue weighted by Crippen LogP contribution is 2.26. The minimum atomic E-state index is -0.508. The minimum absolute atomic E-state index is 0.433. The van der Waals surface area contributed by atoms with Crippen LogP contribution in [0.15, 0.2) is 76.4 Å². The van der Waals surface area contributed by atoms with Gasteiger partial charge in [-0.2, -0.15) is 0 Å². The van der Waals surface area contributed by atoms with Crippen LogP contribution in [0.4, 0.5) is 0 Å². The second kappa shape index (κ2) is 5.50. The van der Waals surface area contributed by atoms with Crippen LogP contribution >= 0.6 is 0 Å². The molecule has 0 bridgehead atoms. The number of nitrogens with zero attached hydrogens (tertiary/aromatic N) is 1. The van der Waals surface area contributed by atoms with Crippen LogP contribution in [0.1, 0.15) is 0 Å². The maximum Gasteiger partial charge on any atom is 0.333 e. The summed E-state index contributed by atoms with van der Waals surface area (Å²) in [4.78, 5) is 25.3. The lowest BCUT2D eigenvalue weighted by Gasteiger charge is -2.12. The van der Waals surface area contributed by atoms with E-state index in [9.17, 15) is 9.59 Å². The Morgan fingerprint density at radius 1 is 0.857 bits per heavy atom.